The van der Waals surface area contributed by atoms with Crippen LogP contribution in [0.5, 0.6) is 0 Å². The number of hydrogen-bond acceptors (Lipinski definition) is 2. The number of aryl methyl sites for hydroxylation is 1. The van der Waals surface area contributed by atoms with E-state index in [0.29, 0.717) is 12.1 Å². The van der Waals surface area contributed by atoms with Crippen molar-refractivity contribution in [3.8, 4) is 0 Å². The molecule has 1 N–H and O–H groups in total. The van der Waals surface area contributed by atoms with E-state index in [2.05, 4.69) is 42.0 Å². The Morgan fingerprint density at radius 2 is 2.24 bits per heavy atom. The maximum atomic E-state index is 4.46. The van der Waals surface area contributed by atoms with Crippen molar-refractivity contribution in [3.63, 3.8) is 0 Å². The summed E-state index contributed by atoms with van der Waals surface area (Å²) in [6.07, 6.45) is 10.4. The molecule has 1 aliphatic carbocycles. The molecule has 1 aliphatic rings. The van der Waals surface area contributed by atoms with Gasteiger partial charge in [-0.05, 0) is 32.2 Å². The highest BCUT2D eigenvalue weighted by atomic mass is 15.1. The topological polar surface area (TPSA) is 29.9 Å². The van der Waals surface area contributed by atoms with E-state index >= 15 is 0 Å². The summed E-state index contributed by atoms with van der Waals surface area (Å²) in [5, 5.41) is 3.49. The Balaban J connectivity index is 2.20. The van der Waals surface area contributed by atoms with Crippen LogP contribution in [-0.4, -0.2) is 22.6 Å². The summed E-state index contributed by atoms with van der Waals surface area (Å²) in [4.78, 5) is 4.46. The molecule has 0 radical (unpaired) electrons. The maximum Gasteiger partial charge on any atom is 0.108 e. The monoisotopic (exact) mass is 235 g/mol. The van der Waals surface area contributed by atoms with Gasteiger partial charge in [-0.15, -0.1) is 0 Å². The smallest absolute Gasteiger partial charge is 0.108 e. The third kappa shape index (κ3) is 2.54. The highest BCUT2D eigenvalue weighted by Gasteiger charge is 2.30. The second-order valence-electron chi connectivity index (χ2n) is 5.15. The van der Waals surface area contributed by atoms with E-state index in [1.165, 1.54) is 31.5 Å². The predicted octanol–water partition coefficient (Wildman–Crippen LogP) is 2.78. The standard InChI is InChI=1S/C14H25N3/c1-4-11-6-7-12(15-3)13(10-11)17-9-8-16-14(17)5-2/h8-9,11-13,15H,4-7,10H2,1-3H3. The van der Waals surface area contributed by atoms with E-state index in [1.54, 1.807) is 0 Å². The molecule has 0 aliphatic heterocycles. The van der Waals surface area contributed by atoms with E-state index in [1.807, 2.05) is 6.20 Å². The molecule has 1 heterocycles. The minimum absolute atomic E-state index is 0.594. The van der Waals surface area contributed by atoms with Gasteiger partial charge in [0.15, 0.2) is 0 Å². The second-order valence-corrected chi connectivity index (χ2v) is 5.15. The SMILES string of the molecule is CCc1nccn1C1CC(CC)CCC1NC. The van der Waals surface area contributed by atoms with Gasteiger partial charge in [0.05, 0.1) is 6.04 Å². The molecular formula is C14H25N3. The van der Waals surface area contributed by atoms with Crippen LogP contribution in [0.25, 0.3) is 0 Å². The zero-order chi connectivity index (χ0) is 12.3. The first-order chi connectivity index (χ1) is 8.30. The molecule has 3 unspecified atom stereocenters. The van der Waals surface area contributed by atoms with Crippen molar-refractivity contribution in [1.82, 2.24) is 14.9 Å². The lowest BCUT2D eigenvalue weighted by Crippen LogP contribution is -2.40. The van der Waals surface area contributed by atoms with E-state index in [-0.39, 0.29) is 0 Å². The Morgan fingerprint density at radius 1 is 1.41 bits per heavy atom. The fourth-order valence-electron chi connectivity index (χ4n) is 3.17. The molecule has 96 valence electrons. The number of imidazole rings is 1. The molecule has 3 atom stereocenters. The molecular weight excluding hydrogens is 210 g/mol. The number of rotatable bonds is 4. The molecule has 3 heteroatoms. The van der Waals surface area contributed by atoms with Gasteiger partial charge in [0.25, 0.3) is 0 Å². The Bertz CT molecular complexity index is 345. The average Bonchev–Trinajstić information content (AvgIpc) is 2.86. The van der Waals surface area contributed by atoms with Crippen molar-refractivity contribution < 1.29 is 0 Å². The van der Waals surface area contributed by atoms with Crippen LogP contribution in [0, 0.1) is 5.92 Å². The fraction of sp³-hybridized carbons (Fsp3) is 0.786. The zero-order valence-electron chi connectivity index (χ0n) is 11.3. The van der Waals surface area contributed by atoms with Crippen LogP contribution in [0.1, 0.15) is 51.4 Å². The van der Waals surface area contributed by atoms with Crippen LogP contribution in [0.2, 0.25) is 0 Å². The highest BCUT2D eigenvalue weighted by Crippen LogP contribution is 2.35. The Morgan fingerprint density at radius 3 is 2.88 bits per heavy atom. The number of hydrogen-bond donors (Lipinski definition) is 1. The summed E-state index contributed by atoms with van der Waals surface area (Å²) in [6.45, 7) is 4.50. The van der Waals surface area contributed by atoms with Gasteiger partial charge in [0, 0.05) is 24.9 Å². The van der Waals surface area contributed by atoms with Crippen molar-refractivity contribution in [2.24, 2.45) is 5.92 Å². The van der Waals surface area contributed by atoms with Crippen molar-refractivity contribution >= 4 is 0 Å². The number of nitrogens with zero attached hydrogens (tertiary/aromatic N) is 2. The van der Waals surface area contributed by atoms with Crippen molar-refractivity contribution in [2.45, 2.75) is 58.0 Å². The van der Waals surface area contributed by atoms with Crippen LogP contribution in [-0.2, 0) is 6.42 Å². The third-order valence-corrected chi connectivity index (χ3v) is 4.30. The minimum Gasteiger partial charge on any atom is -0.330 e. The molecule has 1 fully saturated rings. The molecule has 2 rings (SSSR count). The molecule has 1 saturated carbocycles. The Hall–Kier alpha value is -0.830. The Labute approximate surface area is 105 Å². The van der Waals surface area contributed by atoms with E-state index in [0.717, 1.165) is 12.3 Å². The summed E-state index contributed by atoms with van der Waals surface area (Å²) in [7, 11) is 2.09. The van der Waals surface area contributed by atoms with Crippen molar-refractivity contribution in [3.05, 3.63) is 18.2 Å². The van der Waals surface area contributed by atoms with Crippen LogP contribution in [0.3, 0.4) is 0 Å². The molecule has 1 aromatic rings. The van der Waals surface area contributed by atoms with Crippen LogP contribution in [0.15, 0.2) is 12.4 Å². The number of nitrogens with one attached hydrogen (secondary N) is 1. The first kappa shape index (κ1) is 12.6. The largest absolute Gasteiger partial charge is 0.330 e. The molecule has 0 saturated heterocycles. The molecule has 0 spiro atoms. The molecule has 0 aromatic carbocycles. The van der Waals surface area contributed by atoms with E-state index in [4.69, 9.17) is 0 Å². The van der Waals surface area contributed by atoms with Gasteiger partial charge in [-0.2, -0.15) is 0 Å². The van der Waals surface area contributed by atoms with Gasteiger partial charge >= 0.3 is 0 Å². The summed E-state index contributed by atoms with van der Waals surface area (Å²) in [5.74, 6) is 2.11. The molecule has 0 amide bonds. The van der Waals surface area contributed by atoms with Gasteiger partial charge in [-0.25, -0.2) is 4.98 Å². The van der Waals surface area contributed by atoms with E-state index < -0.39 is 0 Å². The van der Waals surface area contributed by atoms with Crippen molar-refractivity contribution in [2.75, 3.05) is 7.05 Å². The van der Waals surface area contributed by atoms with Gasteiger partial charge in [-0.1, -0.05) is 20.3 Å². The maximum absolute atomic E-state index is 4.46. The van der Waals surface area contributed by atoms with E-state index in [9.17, 15) is 0 Å². The summed E-state index contributed by atoms with van der Waals surface area (Å²) < 4.78 is 2.41. The first-order valence-electron chi connectivity index (χ1n) is 6.99. The van der Waals surface area contributed by atoms with Crippen molar-refractivity contribution in [1.29, 1.82) is 0 Å². The van der Waals surface area contributed by atoms with Gasteiger partial charge in [0.2, 0.25) is 0 Å². The number of likely N-dealkylation sites (N-methyl/N-ethyl adjacent to an activating group) is 1. The lowest BCUT2D eigenvalue weighted by atomic mass is 9.81. The lowest BCUT2D eigenvalue weighted by molar-refractivity contribution is 0.206. The molecule has 17 heavy (non-hydrogen) atoms. The summed E-state index contributed by atoms with van der Waals surface area (Å²) >= 11 is 0. The first-order valence-corrected chi connectivity index (χ1v) is 6.99. The average molecular weight is 235 g/mol. The normalized spacial score (nSPS) is 29.5. The predicted molar refractivity (Wildman–Crippen MR) is 71.1 cm³/mol. The van der Waals surface area contributed by atoms with Crippen LogP contribution >= 0.6 is 0 Å². The third-order valence-electron chi connectivity index (χ3n) is 4.30. The number of aromatic nitrogens is 2. The fourth-order valence-corrected chi connectivity index (χ4v) is 3.17. The van der Waals surface area contributed by atoms with Gasteiger partial charge in [-0.3, -0.25) is 0 Å². The van der Waals surface area contributed by atoms with Gasteiger partial charge < -0.3 is 9.88 Å². The van der Waals surface area contributed by atoms with Crippen LogP contribution in [0.4, 0.5) is 0 Å². The molecule has 0 bridgehead atoms. The zero-order valence-corrected chi connectivity index (χ0v) is 11.3. The lowest BCUT2D eigenvalue weighted by Gasteiger charge is -2.37. The summed E-state index contributed by atoms with van der Waals surface area (Å²) in [5.41, 5.74) is 0. The van der Waals surface area contributed by atoms with Crippen LogP contribution < -0.4 is 5.32 Å². The molecule has 1 aromatic heterocycles. The minimum atomic E-state index is 0.594. The summed E-state index contributed by atoms with van der Waals surface area (Å²) in [6, 6.07) is 1.20. The highest BCUT2D eigenvalue weighted by molar-refractivity contribution is 4.99. The second kappa shape index (κ2) is 5.67. The Kier molecular flexibility index (Phi) is 4.21. The quantitative estimate of drug-likeness (QED) is 0.869. The van der Waals surface area contributed by atoms with Gasteiger partial charge in [0.1, 0.15) is 5.82 Å². The molecule has 3 nitrogen and oxygen atoms in total.